The van der Waals surface area contributed by atoms with Gasteiger partial charge >= 0.3 is 0 Å². The van der Waals surface area contributed by atoms with Gasteiger partial charge in [0.25, 0.3) is 11.5 Å². The van der Waals surface area contributed by atoms with Gasteiger partial charge in [0.15, 0.2) is 11.6 Å². The Kier molecular flexibility index (Phi) is 6.02. The summed E-state index contributed by atoms with van der Waals surface area (Å²) in [6, 6.07) is 9.67. The number of halogens is 1. The summed E-state index contributed by atoms with van der Waals surface area (Å²) in [7, 11) is 3.07. The molecule has 0 spiro atoms. The summed E-state index contributed by atoms with van der Waals surface area (Å²) >= 11 is 0. The van der Waals surface area contributed by atoms with Crippen LogP contribution in [0.15, 0.2) is 41.2 Å². The topological polar surface area (TPSA) is 64.4 Å². The van der Waals surface area contributed by atoms with Gasteiger partial charge in [-0.15, -0.1) is 0 Å². The Balaban J connectivity index is 1.61. The van der Waals surface area contributed by atoms with Crippen LogP contribution < -0.4 is 10.3 Å². The summed E-state index contributed by atoms with van der Waals surface area (Å²) in [6.07, 6.45) is 5.03. The molecule has 0 aliphatic carbocycles. The van der Waals surface area contributed by atoms with E-state index in [9.17, 15) is 14.0 Å². The van der Waals surface area contributed by atoms with Crippen molar-refractivity contribution in [2.75, 3.05) is 14.2 Å². The van der Waals surface area contributed by atoms with Crippen LogP contribution in [0.4, 0.5) is 4.39 Å². The standard InChI is InChI=1S/C24H26FN3O3/c1-27(15-16-8-11-21(31-2)19(25)13-16)23(29)17-9-10-18-20(14-17)26-22-7-5-3-4-6-12-28(22)24(18)30/h8-11,13-14H,3-7,12,15H2,1-2H3. The number of hydrogen-bond acceptors (Lipinski definition) is 4. The SMILES string of the molecule is COc1ccc(CN(C)C(=O)c2ccc3c(=O)n4c(nc3c2)CCCCCC4)cc1F. The number of ether oxygens (including phenoxy) is 1. The van der Waals surface area contributed by atoms with Gasteiger partial charge in [0, 0.05) is 32.1 Å². The Morgan fingerprint density at radius 3 is 2.74 bits per heavy atom. The van der Waals surface area contributed by atoms with E-state index < -0.39 is 5.82 Å². The number of hydrogen-bond donors (Lipinski definition) is 0. The molecule has 7 heteroatoms. The molecular formula is C24H26FN3O3. The van der Waals surface area contributed by atoms with Crippen molar-refractivity contribution in [3.05, 3.63) is 69.5 Å². The van der Waals surface area contributed by atoms with Gasteiger partial charge in [-0.3, -0.25) is 14.2 Å². The van der Waals surface area contributed by atoms with E-state index in [1.54, 1.807) is 41.9 Å². The van der Waals surface area contributed by atoms with Gasteiger partial charge in [-0.25, -0.2) is 9.37 Å². The molecule has 4 rings (SSSR count). The fourth-order valence-electron chi connectivity index (χ4n) is 4.10. The Bertz CT molecular complexity index is 1190. The summed E-state index contributed by atoms with van der Waals surface area (Å²) in [5.74, 6) is 0.280. The predicted octanol–water partition coefficient (Wildman–Crippen LogP) is 3.93. The highest BCUT2D eigenvalue weighted by atomic mass is 19.1. The van der Waals surface area contributed by atoms with E-state index in [4.69, 9.17) is 9.72 Å². The summed E-state index contributed by atoms with van der Waals surface area (Å²) in [4.78, 5) is 32.2. The first kappa shape index (κ1) is 21.0. The third-order valence-electron chi connectivity index (χ3n) is 5.80. The third kappa shape index (κ3) is 4.31. The molecule has 1 amide bonds. The van der Waals surface area contributed by atoms with Crippen LogP contribution >= 0.6 is 0 Å². The number of fused-ring (bicyclic) bond motifs is 2. The summed E-state index contributed by atoms with van der Waals surface area (Å²) in [5.41, 5.74) is 1.62. The van der Waals surface area contributed by atoms with E-state index in [1.807, 2.05) is 0 Å². The number of methoxy groups -OCH3 is 1. The number of benzene rings is 2. The van der Waals surface area contributed by atoms with Crippen LogP contribution in [0.2, 0.25) is 0 Å². The number of carbonyl (C=O) groups excluding carboxylic acids is 1. The zero-order chi connectivity index (χ0) is 22.0. The van der Waals surface area contributed by atoms with Crippen molar-refractivity contribution in [3.63, 3.8) is 0 Å². The molecule has 2 aromatic carbocycles. The highest BCUT2D eigenvalue weighted by molar-refractivity contribution is 5.97. The van der Waals surface area contributed by atoms with Crippen molar-refractivity contribution in [1.29, 1.82) is 0 Å². The number of nitrogens with zero attached hydrogens (tertiary/aromatic N) is 3. The Labute approximate surface area is 180 Å². The van der Waals surface area contributed by atoms with Crippen LogP contribution in [0.5, 0.6) is 5.75 Å². The van der Waals surface area contributed by atoms with Gasteiger partial charge in [0.1, 0.15) is 5.82 Å². The zero-order valence-corrected chi connectivity index (χ0v) is 17.9. The maximum absolute atomic E-state index is 14.0. The molecule has 0 saturated carbocycles. The predicted molar refractivity (Wildman–Crippen MR) is 117 cm³/mol. The van der Waals surface area contributed by atoms with Crippen LogP contribution in [-0.2, 0) is 19.5 Å². The molecule has 2 heterocycles. The lowest BCUT2D eigenvalue weighted by Crippen LogP contribution is -2.28. The lowest BCUT2D eigenvalue weighted by molar-refractivity contribution is 0.0785. The molecule has 0 radical (unpaired) electrons. The first-order chi connectivity index (χ1) is 15.0. The van der Waals surface area contributed by atoms with Crippen LogP contribution in [0, 0.1) is 5.82 Å². The summed E-state index contributed by atoms with van der Waals surface area (Å²) < 4.78 is 20.7. The first-order valence-electron chi connectivity index (χ1n) is 10.6. The molecule has 162 valence electrons. The van der Waals surface area contributed by atoms with Crippen LogP contribution in [-0.4, -0.2) is 34.5 Å². The number of aromatic nitrogens is 2. The molecule has 3 aromatic rings. The van der Waals surface area contributed by atoms with Gasteiger partial charge in [-0.2, -0.15) is 0 Å². The van der Waals surface area contributed by atoms with Crippen molar-refractivity contribution in [1.82, 2.24) is 14.5 Å². The molecule has 31 heavy (non-hydrogen) atoms. The number of amides is 1. The summed E-state index contributed by atoms with van der Waals surface area (Å²) in [6.45, 7) is 0.941. The molecule has 1 aromatic heterocycles. The van der Waals surface area contributed by atoms with Crippen molar-refractivity contribution in [3.8, 4) is 5.75 Å². The Morgan fingerprint density at radius 2 is 1.97 bits per heavy atom. The molecule has 0 fully saturated rings. The Hall–Kier alpha value is -3.22. The van der Waals surface area contributed by atoms with E-state index in [1.165, 1.54) is 18.1 Å². The van der Waals surface area contributed by atoms with Gasteiger partial charge in [-0.1, -0.05) is 18.9 Å². The monoisotopic (exact) mass is 423 g/mol. The van der Waals surface area contributed by atoms with Gasteiger partial charge in [0.05, 0.1) is 18.0 Å². The smallest absolute Gasteiger partial charge is 0.261 e. The molecule has 0 unspecified atom stereocenters. The molecule has 1 aliphatic rings. The number of rotatable bonds is 4. The highest BCUT2D eigenvalue weighted by Gasteiger charge is 2.17. The molecule has 0 atom stereocenters. The second-order valence-corrected chi connectivity index (χ2v) is 8.01. The molecule has 0 bridgehead atoms. The average molecular weight is 423 g/mol. The maximum atomic E-state index is 14.0. The third-order valence-corrected chi connectivity index (χ3v) is 5.80. The summed E-state index contributed by atoms with van der Waals surface area (Å²) in [5, 5.41) is 0.528. The van der Waals surface area contributed by atoms with E-state index in [0.29, 0.717) is 28.6 Å². The van der Waals surface area contributed by atoms with E-state index in [0.717, 1.165) is 37.9 Å². The minimum absolute atomic E-state index is 0.0389. The van der Waals surface area contributed by atoms with Crippen molar-refractivity contribution >= 4 is 16.8 Å². The van der Waals surface area contributed by atoms with E-state index in [-0.39, 0.29) is 23.8 Å². The average Bonchev–Trinajstić information content (AvgIpc) is 2.74. The van der Waals surface area contributed by atoms with Gasteiger partial charge < -0.3 is 9.64 Å². The van der Waals surface area contributed by atoms with Crippen molar-refractivity contribution < 1.29 is 13.9 Å². The fraction of sp³-hybridized carbons (Fsp3) is 0.375. The molecular weight excluding hydrogens is 397 g/mol. The van der Waals surface area contributed by atoms with Crippen LogP contribution in [0.1, 0.15) is 47.4 Å². The lowest BCUT2D eigenvalue weighted by atomic mass is 10.1. The largest absolute Gasteiger partial charge is 0.494 e. The van der Waals surface area contributed by atoms with Crippen molar-refractivity contribution in [2.24, 2.45) is 0 Å². The van der Waals surface area contributed by atoms with E-state index >= 15 is 0 Å². The van der Waals surface area contributed by atoms with Crippen LogP contribution in [0.3, 0.4) is 0 Å². The zero-order valence-electron chi connectivity index (χ0n) is 17.9. The number of aryl methyl sites for hydroxylation is 1. The molecule has 0 N–H and O–H groups in total. The first-order valence-corrected chi connectivity index (χ1v) is 10.6. The second kappa shape index (κ2) is 8.88. The van der Waals surface area contributed by atoms with Crippen molar-refractivity contribution in [2.45, 2.75) is 45.2 Å². The normalized spacial score (nSPS) is 13.9. The highest BCUT2D eigenvalue weighted by Crippen LogP contribution is 2.20. The van der Waals surface area contributed by atoms with Gasteiger partial charge in [0.2, 0.25) is 0 Å². The van der Waals surface area contributed by atoms with Crippen LogP contribution in [0.25, 0.3) is 10.9 Å². The fourth-order valence-corrected chi connectivity index (χ4v) is 4.10. The number of carbonyl (C=O) groups is 1. The quantitative estimate of drug-likeness (QED) is 0.638. The molecule has 0 saturated heterocycles. The molecule has 1 aliphatic heterocycles. The Morgan fingerprint density at radius 1 is 1.16 bits per heavy atom. The minimum atomic E-state index is -0.465. The second-order valence-electron chi connectivity index (χ2n) is 8.01. The lowest BCUT2D eigenvalue weighted by Gasteiger charge is -2.19. The van der Waals surface area contributed by atoms with E-state index in [2.05, 4.69) is 0 Å². The maximum Gasteiger partial charge on any atom is 0.261 e. The van der Waals surface area contributed by atoms with Gasteiger partial charge in [-0.05, 0) is 48.7 Å². The minimum Gasteiger partial charge on any atom is -0.494 e. The molecule has 6 nitrogen and oxygen atoms in total.